The van der Waals surface area contributed by atoms with Gasteiger partial charge in [0.05, 0.1) is 22.6 Å². The molecule has 0 fully saturated rings. The van der Waals surface area contributed by atoms with Gasteiger partial charge < -0.3 is 0 Å². The Morgan fingerprint density at radius 1 is 0.862 bits per heavy atom. The lowest BCUT2D eigenvalue weighted by Crippen LogP contribution is -2.19. The summed E-state index contributed by atoms with van der Waals surface area (Å²) in [4.78, 5) is 30.2. The highest BCUT2D eigenvalue weighted by Gasteiger charge is 2.16. The number of aromatic nitrogens is 4. The van der Waals surface area contributed by atoms with E-state index in [9.17, 15) is 9.59 Å². The van der Waals surface area contributed by atoms with Gasteiger partial charge in [0.1, 0.15) is 0 Å². The van der Waals surface area contributed by atoms with E-state index >= 15 is 0 Å². The first-order valence-corrected chi connectivity index (χ1v) is 9.24. The molecule has 1 N–H and O–H groups in total. The third kappa shape index (κ3) is 3.16. The van der Waals surface area contributed by atoms with Crippen molar-refractivity contribution >= 4 is 11.9 Å². The summed E-state index contributed by atoms with van der Waals surface area (Å²) in [5.74, 6) is 0. The smallest absolute Gasteiger partial charge is 0.295 e. The number of aryl methyl sites for hydroxylation is 1. The monoisotopic (exact) mass is 387 g/mol. The van der Waals surface area contributed by atoms with Gasteiger partial charge >= 0.3 is 0 Å². The molecule has 0 atom stereocenters. The molecule has 0 bridgehead atoms. The molecule has 0 radical (unpaired) electrons. The zero-order chi connectivity index (χ0) is 20.5. The van der Waals surface area contributed by atoms with Gasteiger partial charge in [0.15, 0.2) is 5.69 Å². The third-order valence-corrected chi connectivity index (χ3v) is 4.98. The SMILES string of the molecule is Cc1[nH]n(-c2ccccc2)c(=O)c1C=Nc1c(C)n(C)n(-c2ccccc2)c1=O. The molecule has 0 saturated carbocycles. The molecule has 0 amide bonds. The summed E-state index contributed by atoms with van der Waals surface area (Å²) in [6, 6.07) is 18.7. The summed E-state index contributed by atoms with van der Waals surface area (Å²) < 4.78 is 4.79. The van der Waals surface area contributed by atoms with Crippen molar-refractivity contribution in [2.45, 2.75) is 13.8 Å². The minimum Gasteiger partial charge on any atom is -0.295 e. The average molecular weight is 387 g/mol. The van der Waals surface area contributed by atoms with Crippen LogP contribution in [0, 0.1) is 13.8 Å². The normalized spacial score (nSPS) is 11.4. The summed E-state index contributed by atoms with van der Waals surface area (Å²) in [7, 11) is 1.81. The van der Waals surface area contributed by atoms with Gasteiger partial charge in [0, 0.05) is 19.0 Å². The number of hydrogen-bond donors (Lipinski definition) is 1. The molecule has 0 aliphatic carbocycles. The van der Waals surface area contributed by atoms with Crippen molar-refractivity contribution in [2.75, 3.05) is 0 Å². The van der Waals surface area contributed by atoms with Crippen molar-refractivity contribution in [3.8, 4) is 11.4 Å². The van der Waals surface area contributed by atoms with Crippen molar-refractivity contribution in [3.63, 3.8) is 0 Å². The molecule has 7 nitrogen and oxygen atoms in total. The number of aliphatic imine (C=N–C) groups is 1. The highest BCUT2D eigenvalue weighted by molar-refractivity contribution is 5.83. The van der Waals surface area contributed by atoms with Crippen LogP contribution >= 0.6 is 0 Å². The van der Waals surface area contributed by atoms with Crippen molar-refractivity contribution in [2.24, 2.45) is 12.0 Å². The maximum absolute atomic E-state index is 13.0. The van der Waals surface area contributed by atoms with E-state index in [1.165, 1.54) is 10.9 Å². The first kappa shape index (κ1) is 18.5. The van der Waals surface area contributed by atoms with Crippen LogP contribution in [0.1, 0.15) is 17.0 Å². The van der Waals surface area contributed by atoms with Gasteiger partial charge in [-0.2, -0.15) is 0 Å². The van der Waals surface area contributed by atoms with Crippen molar-refractivity contribution in [1.29, 1.82) is 0 Å². The Kier molecular flexibility index (Phi) is 4.64. The van der Waals surface area contributed by atoms with Crippen LogP contribution in [0.2, 0.25) is 0 Å². The number of aromatic amines is 1. The van der Waals surface area contributed by atoms with E-state index in [0.29, 0.717) is 22.6 Å². The van der Waals surface area contributed by atoms with Gasteiger partial charge in [-0.1, -0.05) is 36.4 Å². The largest absolute Gasteiger partial charge is 0.297 e. The quantitative estimate of drug-likeness (QED) is 0.547. The van der Waals surface area contributed by atoms with Crippen molar-refractivity contribution < 1.29 is 0 Å². The lowest BCUT2D eigenvalue weighted by Gasteiger charge is -2.07. The summed E-state index contributed by atoms with van der Waals surface area (Å²) in [6.07, 6.45) is 1.46. The number of hydrogen-bond acceptors (Lipinski definition) is 3. The second-order valence-corrected chi connectivity index (χ2v) is 6.79. The Balaban J connectivity index is 1.78. The summed E-state index contributed by atoms with van der Waals surface area (Å²) in [6.45, 7) is 3.64. The molecule has 0 unspecified atom stereocenters. The number of nitrogens with zero attached hydrogens (tertiary/aromatic N) is 4. The van der Waals surface area contributed by atoms with Crippen LogP contribution in [-0.4, -0.2) is 25.4 Å². The second-order valence-electron chi connectivity index (χ2n) is 6.79. The number of rotatable bonds is 4. The van der Waals surface area contributed by atoms with Crippen molar-refractivity contribution in [3.05, 3.63) is 98.3 Å². The van der Waals surface area contributed by atoms with Gasteiger partial charge in [-0.15, -0.1) is 0 Å². The molecule has 2 heterocycles. The zero-order valence-electron chi connectivity index (χ0n) is 16.5. The molecule has 4 aromatic rings. The molecule has 0 spiro atoms. The molecule has 7 heteroatoms. The maximum atomic E-state index is 13.0. The fourth-order valence-corrected chi connectivity index (χ4v) is 3.30. The molecule has 0 aliphatic heterocycles. The third-order valence-electron chi connectivity index (χ3n) is 4.98. The van der Waals surface area contributed by atoms with E-state index in [4.69, 9.17) is 0 Å². The number of benzene rings is 2. The molecule has 29 heavy (non-hydrogen) atoms. The van der Waals surface area contributed by atoms with E-state index in [2.05, 4.69) is 10.1 Å². The van der Waals surface area contributed by atoms with Crippen LogP contribution < -0.4 is 11.1 Å². The van der Waals surface area contributed by atoms with Gasteiger partial charge in [-0.05, 0) is 38.1 Å². The zero-order valence-corrected chi connectivity index (χ0v) is 16.5. The Labute approximate surface area is 167 Å². The predicted molar refractivity (Wildman–Crippen MR) is 114 cm³/mol. The Bertz CT molecular complexity index is 1310. The summed E-state index contributed by atoms with van der Waals surface area (Å²) in [5, 5.41) is 3.06. The van der Waals surface area contributed by atoms with Crippen LogP contribution in [-0.2, 0) is 7.05 Å². The molecule has 2 aromatic heterocycles. The minimum atomic E-state index is -0.232. The molecule has 2 aromatic carbocycles. The second kappa shape index (κ2) is 7.27. The van der Waals surface area contributed by atoms with Gasteiger partial charge in [-0.25, -0.2) is 14.4 Å². The number of para-hydroxylation sites is 2. The highest BCUT2D eigenvalue weighted by atomic mass is 16.1. The van der Waals surface area contributed by atoms with Crippen LogP contribution in [0.3, 0.4) is 0 Å². The Morgan fingerprint density at radius 3 is 2.07 bits per heavy atom. The van der Waals surface area contributed by atoms with Gasteiger partial charge in [0.2, 0.25) is 0 Å². The molecule has 146 valence electrons. The summed E-state index contributed by atoms with van der Waals surface area (Å²) >= 11 is 0. The lowest BCUT2D eigenvalue weighted by molar-refractivity contribution is 0.630. The molecular weight excluding hydrogens is 366 g/mol. The van der Waals surface area contributed by atoms with E-state index in [1.54, 1.807) is 9.36 Å². The van der Waals surface area contributed by atoms with E-state index in [-0.39, 0.29) is 11.1 Å². The fourth-order valence-electron chi connectivity index (χ4n) is 3.30. The Morgan fingerprint density at radius 2 is 1.45 bits per heavy atom. The minimum absolute atomic E-state index is 0.214. The number of nitrogens with one attached hydrogen (secondary N) is 1. The van der Waals surface area contributed by atoms with Crippen LogP contribution in [0.5, 0.6) is 0 Å². The first-order chi connectivity index (χ1) is 14.0. The molecule has 0 aliphatic rings. The van der Waals surface area contributed by atoms with Crippen LogP contribution in [0.4, 0.5) is 5.69 Å². The van der Waals surface area contributed by atoms with Crippen molar-refractivity contribution in [1.82, 2.24) is 19.1 Å². The van der Waals surface area contributed by atoms with E-state index < -0.39 is 0 Å². The maximum Gasteiger partial charge on any atom is 0.297 e. The number of H-pyrrole nitrogens is 1. The molecular formula is C22H21N5O2. The average Bonchev–Trinajstić information content (AvgIpc) is 3.14. The summed E-state index contributed by atoms with van der Waals surface area (Å²) in [5.41, 5.74) is 3.17. The Hall–Kier alpha value is -3.87. The van der Waals surface area contributed by atoms with Gasteiger partial charge in [0.25, 0.3) is 11.1 Å². The van der Waals surface area contributed by atoms with E-state index in [0.717, 1.165) is 11.4 Å². The first-order valence-electron chi connectivity index (χ1n) is 9.24. The molecule has 0 saturated heterocycles. The van der Waals surface area contributed by atoms with Gasteiger partial charge in [-0.3, -0.25) is 19.4 Å². The molecule has 4 rings (SSSR count). The van der Waals surface area contributed by atoms with Crippen LogP contribution in [0.15, 0.2) is 75.2 Å². The van der Waals surface area contributed by atoms with E-state index in [1.807, 2.05) is 81.6 Å². The standard InChI is InChI=1S/C22H21N5O2/c1-15-19(21(28)26(24-15)17-10-6-4-7-11-17)14-23-20-16(2)25(3)27(22(20)29)18-12-8-5-9-13-18/h4-14,24H,1-3H3. The van der Waals surface area contributed by atoms with Crippen LogP contribution in [0.25, 0.3) is 11.4 Å². The lowest BCUT2D eigenvalue weighted by atomic mass is 10.3. The highest BCUT2D eigenvalue weighted by Crippen LogP contribution is 2.17. The predicted octanol–water partition coefficient (Wildman–Crippen LogP) is 3.02. The fraction of sp³-hybridized carbons (Fsp3) is 0.136. The topological polar surface area (TPSA) is 77.1 Å².